The van der Waals surface area contributed by atoms with Crippen molar-refractivity contribution in [3.05, 3.63) is 70.2 Å². The topological polar surface area (TPSA) is 63.6 Å². The van der Waals surface area contributed by atoms with Gasteiger partial charge in [0.25, 0.3) is 0 Å². The third kappa shape index (κ3) is 5.07. The molecule has 0 bridgehead atoms. The van der Waals surface area contributed by atoms with Crippen LogP contribution in [0.2, 0.25) is 0 Å². The van der Waals surface area contributed by atoms with Gasteiger partial charge in [-0.2, -0.15) is 0 Å². The number of halogens is 1. The molecule has 1 atom stereocenters. The van der Waals surface area contributed by atoms with Gasteiger partial charge in [-0.05, 0) is 55.0 Å². The Morgan fingerprint density at radius 1 is 1.09 bits per heavy atom. The van der Waals surface area contributed by atoms with E-state index in [4.69, 9.17) is 9.84 Å². The highest BCUT2D eigenvalue weighted by Crippen LogP contribution is 2.16. The van der Waals surface area contributed by atoms with Crippen LogP contribution in [-0.4, -0.2) is 23.0 Å². The lowest BCUT2D eigenvalue weighted by Gasteiger charge is -2.10. The van der Waals surface area contributed by atoms with Gasteiger partial charge < -0.3 is 9.84 Å². The summed E-state index contributed by atoms with van der Waals surface area (Å²) in [6.45, 7) is 1.45. The van der Waals surface area contributed by atoms with Crippen LogP contribution < -0.4 is 4.74 Å². The molecule has 2 aromatic rings. The van der Waals surface area contributed by atoms with Crippen LogP contribution >= 0.6 is 15.9 Å². The number of hydrogen-bond acceptors (Lipinski definition) is 3. The zero-order valence-corrected chi connectivity index (χ0v) is 14.0. The van der Waals surface area contributed by atoms with Crippen molar-refractivity contribution in [3.8, 4) is 5.75 Å². The number of benzene rings is 2. The second-order valence-corrected chi connectivity index (χ2v) is 5.79. The third-order valence-corrected chi connectivity index (χ3v) is 3.63. The predicted octanol–water partition coefficient (Wildman–Crippen LogP) is 4.20. The first-order chi connectivity index (χ1) is 11.0. The normalized spacial score (nSPS) is 12.1. The molecule has 2 rings (SSSR count). The van der Waals surface area contributed by atoms with E-state index in [0.29, 0.717) is 11.3 Å². The van der Waals surface area contributed by atoms with Crippen LogP contribution in [0.25, 0.3) is 6.08 Å². The molecule has 0 aliphatic heterocycles. The lowest BCUT2D eigenvalue weighted by molar-refractivity contribution is -0.144. The van der Waals surface area contributed by atoms with Crippen LogP contribution in [0, 0.1) is 0 Å². The summed E-state index contributed by atoms with van der Waals surface area (Å²) in [5.74, 6) is -0.762. The lowest BCUT2D eigenvalue weighted by atomic mass is 10.1. The Hall–Kier alpha value is -2.40. The van der Waals surface area contributed by atoms with Crippen LogP contribution in [0.15, 0.2) is 59.1 Å². The van der Waals surface area contributed by atoms with Crippen molar-refractivity contribution < 1.29 is 19.4 Å². The molecule has 0 saturated heterocycles. The molecule has 2 aromatic carbocycles. The van der Waals surface area contributed by atoms with Crippen LogP contribution in [0.3, 0.4) is 0 Å². The molecular formula is C18H15BrO4. The zero-order chi connectivity index (χ0) is 16.8. The third-order valence-electron chi connectivity index (χ3n) is 3.10. The fourth-order valence-electron chi connectivity index (χ4n) is 1.79. The van der Waals surface area contributed by atoms with Gasteiger partial charge in [0.2, 0.25) is 0 Å². The van der Waals surface area contributed by atoms with E-state index in [2.05, 4.69) is 15.9 Å². The minimum Gasteiger partial charge on any atom is -0.479 e. The van der Waals surface area contributed by atoms with E-state index in [9.17, 15) is 9.59 Å². The number of ether oxygens (including phenoxy) is 1. The molecule has 0 spiro atoms. The molecule has 0 heterocycles. The van der Waals surface area contributed by atoms with Gasteiger partial charge in [0.1, 0.15) is 5.75 Å². The van der Waals surface area contributed by atoms with E-state index in [0.717, 1.165) is 10.0 Å². The van der Waals surface area contributed by atoms with Crippen LogP contribution in [-0.2, 0) is 4.79 Å². The molecule has 4 nitrogen and oxygen atoms in total. The van der Waals surface area contributed by atoms with Crippen molar-refractivity contribution in [2.45, 2.75) is 13.0 Å². The molecule has 0 saturated carbocycles. The maximum atomic E-state index is 12.1. The molecule has 0 radical (unpaired) electrons. The van der Waals surface area contributed by atoms with Gasteiger partial charge in [0.05, 0.1) is 0 Å². The van der Waals surface area contributed by atoms with E-state index >= 15 is 0 Å². The van der Waals surface area contributed by atoms with Crippen molar-refractivity contribution in [3.63, 3.8) is 0 Å². The Labute approximate surface area is 142 Å². The monoisotopic (exact) mass is 374 g/mol. The van der Waals surface area contributed by atoms with Gasteiger partial charge in [-0.3, -0.25) is 4.79 Å². The SMILES string of the molecule is C[C@H](Oc1ccc(C(=O)/C=C/c2ccc(Br)cc2)cc1)C(=O)O. The molecule has 118 valence electrons. The predicted molar refractivity (Wildman–Crippen MR) is 91.7 cm³/mol. The summed E-state index contributed by atoms with van der Waals surface area (Å²) < 4.78 is 6.20. The average Bonchev–Trinajstić information content (AvgIpc) is 2.54. The number of ketones is 1. The van der Waals surface area contributed by atoms with Gasteiger partial charge in [-0.1, -0.05) is 34.1 Å². The molecule has 0 aliphatic rings. The highest BCUT2D eigenvalue weighted by Gasteiger charge is 2.12. The fraction of sp³-hybridized carbons (Fsp3) is 0.111. The van der Waals surface area contributed by atoms with Gasteiger partial charge >= 0.3 is 5.97 Å². The Balaban J connectivity index is 2.02. The van der Waals surface area contributed by atoms with Gasteiger partial charge in [-0.25, -0.2) is 4.79 Å². The number of carbonyl (C=O) groups excluding carboxylic acids is 1. The standard InChI is InChI=1S/C18H15BrO4/c1-12(18(21)22)23-16-9-5-14(6-10-16)17(20)11-4-13-2-7-15(19)8-3-13/h2-12H,1H3,(H,21,22)/b11-4+/t12-/m0/s1. The summed E-state index contributed by atoms with van der Waals surface area (Å²) in [5.41, 5.74) is 1.44. The molecular weight excluding hydrogens is 360 g/mol. The lowest BCUT2D eigenvalue weighted by Crippen LogP contribution is -2.22. The number of hydrogen-bond donors (Lipinski definition) is 1. The van der Waals surface area contributed by atoms with Gasteiger partial charge in [-0.15, -0.1) is 0 Å². The molecule has 0 amide bonds. The van der Waals surface area contributed by atoms with E-state index in [1.54, 1.807) is 30.3 Å². The molecule has 0 unspecified atom stereocenters. The first-order valence-corrected chi connectivity index (χ1v) is 7.72. The number of carbonyl (C=O) groups is 2. The minimum atomic E-state index is -1.04. The summed E-state index contributed by atoms with van der Waals surface area (Å²) in [6.07, 6.45) is 2.30. The summed E-state index contributed by atoms with van der Waals surface area (Å²) in [5, 5.41) is 8.79. The number of carboxylic acids is 1. The quantitative estimate of drug-likeness (QED) is 0.607. The average molecular weight is 375 g/mol. The van der Waals surface area contributed by atoms with Crippen molar-refractivity contribution >= 4 is 33.8 Å². The summed E-state index contributed by atoms with van der Waals surface area (Å²) in [6, 6.07) is 14.0. The molecule has 0 fully saturated rings. The molecule has 0 aliphatic carbocycles. The number of allylic oxidation sites excluding steroid dienone is 1. The minimum absolute atomic E-state index is 0.134. The van der Waals surface area contributed by atoms with E-state index < -0.39 is 12.1 Å². The largest absolute Gasteiger partial charge is 0.479 e. The van der Waals surface area contributed by atoms with Crippen LogP contribution in [0.1, 0.15) is 22.8 Å². The van der Waals surface area contributed by atoms with E-state index in [1.165, 1.54) is 13.0 Å². The van der Waals surface area contributed by atoms with E-state index in [-0.39, 0.29) is 5.78 Å². The van der Waals surface area contributed by atoms with Crippen molar-refractivity contribution in [1.29, 1.82) is 0 Å². The van der Waals surface area contributed by atoms with Crippen LogP contribution in [0.4, 0.5) is 0 Å². The molecule has 1 N–H and O–H groups in total. The smallest absolute Gasteiger partial charge is 0.344 e. The first kappa shape index (κ1) is 17.0. The maximum Gasteiger partial charge on any atom is 0.344 e. The highest BCUT2D eigenvalue weighted by atomic mass is 79.9. The Morgan fingerprint density at radius 3 is 2.26 bits per heavy atom. The zero-order valence-electron chi connectivity index (χ0n) is 12.4. The Morgan fingerprint density at radius 2 is 1.70 bits per heavy atom. The van der Waals surface area contributed by atoms with Crippen molar-refractivity contribution in [1.82, 2.24) is 0 Å². The number of carboxylic acid groups (broad SMARTS) is 1. The second kappa shape index (κ2) is 7.74. The Kier molecular flexibility index (Phi) is 5.71. The fourth-order valence-corrected chi connectivity index (χ4v) is 2.06. The molecule has 5 heteroatoms. The summed E-state index contributed by atoms with van der Waals surface area (Å²) >= 11 is 3.36. The first-order valence-electron chi connectivity index (χ1n) is 6.93. The number of aliphatic carboxylic acids is 1. The molecule has 23 heavy (non-hydrogen) atoms. The highest BCUT2D eigenvalue weighted by molar-refractivity contribution is 9.10. The van der Waals surface area contributed by atoms with E-state index in [1.807, 2.05) is 24.3 Å². The summed E-state index contributed by atoms with van der Waals surface area (Å²) in [4.78, 5) is 22.8. The molecule has 0 aromatic heterocycles. The van der Waals surface area contributed by atoms with Gasteiger partial charge in [0.15, 0.2) is 11.9 Å². The summed E-state index contributed by atoms with van der Waals surface area (Å²) in [7, 11) is 0. The van der Waals surface area contributed by atoms with Crippen molar-refractivity contribution in [2.24, 2.45) is 0 Å². The Bertz CT molecular complexity index is 718. The maximum absolute atomic E-state index is 12.1. The van der Waals surface area contributed by atoms with Crippen molar-refractivity contribution in [2.75, 3.05) is 0 Å². The number of rotatable bonds is 6. The second-order valence-electron chi connectivity index (χ2n) is 4.87. The van der Waals surface area contributed by atoms with Gasteiger partial charge in [0, 0.05) is 10.0 Å². The van der Waals surface area contributed by atoms with Crippen LogP contribution in [0.5, 0.6) is 5.75 Å².